The lowest BCUT2D eigenvalue weighted by molar-refractivity contribution is 0.313. The van der Waals surface area contributed by atoms with Crippen molar-refractivity contribution < 1.29 is 4.39 Å². The Kier molecular flexibility index (Phi) is 5.03. The number of halogens is 1. The van der Waals surface area contributed by atoms with Crippen LogP contribution in [0.2, 0.25) is 0 Å². The zero-order valence-corrected chi connectivity index (χ0v) is 12.9. The van der Waals surface area contributed by atoms with Crippen LogP contribution in [0.4, 0.5) is 10.1 Å². The van der Waals surface area contributed by atoms with Crippen molar-refractivity contribution in [2.75, 3.05) is 11.9 Å². The second kappa shape index (κ2) is 6.57. The second-order valence-corrected chi connectivity index (χ2v) is 6.16. The van der Waals surface area contributed by atoms with Crippen molar-refractivity contribution >= 4 is 5.69 Å². The summed E-state index contributed by atoms with van der Waals surface area (Å²) in [6.07, 6.45) is 6.25. The van der Waals surface area contributed by atoms with Gasteiger partial charge < -0.3 is 10.6 Å². The molecule has 1 aliphatic carbocycles. The lowest BCUT2D eigenvalue weighted by Crippen LogP contribution is -2.36. The number of benzene rings is 1. The van der Waals surface area contributed by atoms with Crippen LogP contribution in [-0.2, 0) is 0 Å². The minimum absolute atomic E-state index is 0.188. The standard InChI is InChI=1S/C17H27FN2/c1-4-13-8-10-14(11-9-13)20(3)16-7-5-6-15(18)17(16)12(2)19/h5-7,12-14H,4,8-11,19H2,1-3H3. The van der Waals surface area contributed by atoms with Crippen LogP contribution in [0, 0.1) is 11.7 Å². The van der Waals surface area contributed by atoms with E-state index in [1.807, 2.05) is 13.0 Å². The van der Waals surface area contributed by atoms with Gasteiger partial charge in [0.2, 0.25) is 0 Å². The molecule has 0 radical (unpaired) electrons. The fraction of sp³-hybridized carbons (Fsp3) is 0.647. The predicted molar refractivity (Wildman–Crippen MR) is 83.4 cm³/mol. The fourth-order valence-corrected chi connectivity index (χ4v) is 3.42. The molecule has 1 saturated carbocycles. The summed E-state index contributed by atoms with van der Waals surface area (Å²) in [6, 6.07) is 5.51. The molecular weight excluding hydrogens is 251 g/mol. The van der Waals surface area contributed by atoms with E-state index in [0.29, 0.717) is 11.6 Å². The molecule has 1 unspecified atom stereocenters. The average Bonchev–Trinajstić information content (AvgIpc) is 2.46. The van der Waals surface area contributed by atoms with Gasteiger partial charge in [-0.2, -0.15) is 0 Å². The molecule has 2 N–H and O–H groups in total. The van der Waals surface area contributed by atoms with Gasteiger partial charge >= 0.3 is 0 Å². The minimum Gasteiger partial charge on any atom is -0.371 e. The number of hydrogen-bond acceptors (Lipinski definition) is 2. The van der Waals surface area contributed by atoms with Crippen molar-refractivity contribution in [3.63, 3.8) is 0 Å². The van der Waals surface area contributed by atoms with Crippen molar-refractivity contribution in [2.45, 2.75) is 58.0 Å². The summed E-state index contributed by atoms with van der Waals surface area (Å²) in [5.41, 5.74) is 7.56. The third-order valence-electron chi connectivity index (χ3n) is 4.81. The molecule has 0 aliphatic heterocycles. The van der Waals surface area contributed by atoms with E-state index < -0.39 is 0 Å². The van der Waals surface area contributed by atoms with E-state index in [4.69, 9.17) is 5.73 Å². The van der Waals surface area contributed by atoms with Gasteiger partial charge in [0.15, 0.2) is 0 Å². The van der Waals surface area contributed by atoms with Crippen molar-refractivity contribution in [1.29, 1.82) is 0 Å². The molecule has 1 aromatic rings. The summed E-state index contributed by atoms with van der Waals surface area (Å²) < 4.78 is 14.0. The smallest absolute Gasteiger partial charge is 0.130 e. The quantitative estimate of drug-likeness (QED) is 0.892. The monoisotopic (exact) mass is 278 g/mol. The van der Waals surface area contributed by atoms with Gasteiger partial charge in [-0.1, -0.05) is 19.4 Å². The molecule has 1 atom stereocenters. The minimum atomic E-state index is -0.277. The SMILES string of the molecule is CCC1CCC(N(C)c2cccc(F)c2C(C)N)CC1. The maximum atomic E-state index is 14.0. The summed E-state index contributed by atoms with van der Waals surface area (Å²) in [6.45, 7) is 4.12. The molecule has 0 bridgehead atoms. The number of nitrogens with two attached hydrogens (primary N) is 1. The first-order valence-electron chi connectivity index (χ1n) is 7.81. The molecule has 1 aliphatic rings. The Morgan fingerprint density at radius 3 is 2.50 bits per heavy atom. The molecule has 0 spiro atoms. The first-order chi connectivity index (χ1) is 9.54. The molecule has 0 aromatic heterocycles. The highest BCUT2D eigenvalue weighted by Gasteiger charge is 2.25. The summed E-state index contributed by atoms with van der Waals surface area (Å²) in [7, 11) is 2.08. The number of anilines is 1. The average molecular weight is 278 g/mol. The molecule has 2 nitrogen and oxygen atoms in total. The lowest BCUT2D eigenvalue weighted by atomic mass is 9.83. The van der Waals surface area contributed by atoms with Crippen LogP contribution in [0.15, 0.2) is 18.2 Å². The van der Waals surface area contributed by atoms with E-state index >= 15 is 0 Å². The highest BCUT2D eigenvalue weighted by Crippen LogP contribution is 2.34. The Labute approximate surface area is 122 Å². The fourth-order valence-electron chi connectivity index (χ4n) is 3.42. The Bertz CT molecular complexity index is 437. The van der Waals surface area contributed by atoms with Crippen LogP contribution in [0.3, 0.4) is 0 Å². The van der Waals surface area contributed by atoms with E-state index in [9.17, 15) is 4.39 Å². The summed E-state index contributed by atoms with van der Waals surface area (Å²) in [5, 5.41) is 0. The van der Waals surface area contributed by atoms with E-state index in [-0.39, 0.29) is 11.9 Å². The van der Waals surface area contributed by atoms with Crippen molar-refractivity contribution in [3.8, 4) is 0 Å². The summed E-state index contributed by atoms with van der Waals surface area (Å²) in [4.78, 5) is 2.24. The Hall–Kier alpha value is -1.09. The first-order valence-corrected chi connectivity index (χ1v) is 7.81. The van der Waals surface area contributed by atoms with Gasteiger partial charge in [0.05, 0.1) is 0 Å². The number of nitrogens with zero attached hydrogens (tertiary/aromatic N) is 1. The number of rotatable bonds is 4. The highest BCUT2D eigenvalue weighted by molar-refractivity contribution is 5.55. The van der Waals surface area contributed by atoms with E-state index in [0.717, 1.165) is 11.6 Å². The van der Waals surface area contributed by atoms with Crippen LogP contribution in [0.1, 0.15) is 57.6 Å². The third-order valence-corrected chi connectivity index (χ3v) is 4.81. The van der Waals surface area contributed by atoms with Crippen molar-refractivity contribution in [2.24, 2.45) is 11.7 Å². The molecule has 0 heterocycles. The van der Waals surface area contributed by atoms with Crippen molar-refractivity contribution in [1.82, 2.24) is 0 Å². The van der Waals surface area contributed by atoms with Crippen LogP contribution in [0.25, 0.3) is 0 Å². The topological polar surface area (TPSA) is 29.3 Å². The van der Waals surface area contributed by atoms with Gasteiger partial charge in [-0.25, -0.2) is 4.39 Å². The normalized spacial score (nSPS) is 24.4. The Morgan fingerprint density at radius 2 is 1.95 bits per heavy atom. The van der Waals surface area contributed by atoms with Crippen LogP contribution < -0.4 is 10.6 Å². The molecule has 20 heavy (non-hydrogen) atoms. The molecular formula is C17H27FN2. The molecule has 1 aromatic carbocycles. The van der Waals surface area contributed by atoms with Gasteiger partial charge in [0, 0.05) is 30.4 Å². The summed E-state index contributed by atoms with van der Waals surface area (Å²) in [5.74, 6) is 0.687. The first kappa shape index (κ1) is 15.3. The van der Waals surface area contributed by atoms with E-state index in [1.165, 1.54) is 38.2 Å². The van der Waals surface area contributed by atoms with Gasteiger partial charge in [-0.15, -0.1) is 0 Å². The Morgan fingerprint density at radius 1 is 1.30 bits per heavy atom. The second-order valence-electron chi connectivity index (χ2n) is 6.16. The van der Waals surface area contributed by atoms with Crippen LogP contribution in [0.5, 0.6) is 0 Å². The summed E-state index contributed by atoms with van der Waals surface area (Å²) >= 11 is 0. The maximum Gasteiger partial charge on any atom is 0.130 e. The van der Waals surface area contributed by atoms with Gasteiger partial charge in [-0.05, 0) is 50.7 Å². The van der Waals surface area contributed by atoms with Gasteiger partial charge in [-0.3, -0.25) is 0 Å². The molecule has 1 fully saturated rings. The lowest BCUT2D eigenvalue weighted by Gasteiger charge is -2.37. The van der Waals surface area contributed by atoms with E-state index in [1.54, 1.807) is 6.07 Å². The van der Waals surface area contributed by atoms with Gasteiger partial charge in [0.1, 0.15) is 5.82 Å². The van der Waals surface area contributed by atoms with E-state index in [2.05, 4.69) is 18.9 Å². The van der Waals surface area contributed by atoms with Crippen LogP contribution in [-0.4, -0.2) is 13.1 Å². The maximum absolute atomic E-state index is 14.0. The Balaban J connectivity index is 2.17. The predicted octanol–water partition coefficient (Wildman–Crippen LogP) is 4.25. The highest BCUT2D eigenvalue weighted by atomic mass is 19.1. The molecule has 0 saturated heterocycles. The molecule has 2 rings (SSSR count). The van der Waals surface area contributed by atoms with Crippen molar-refractivity contribution in [3.05, 3.63) is 29.6 Å². The van der Waals surface area contributed by atoms with Gasteiger partial charge in [0.25, 0.3) is 0 Å². The molecule has 3 heteroatoms. The number of hydrogen-bond donors (Lipinski definition) is 1. The third kappa shape index (κ3) is 3.14. The molecule has 112 valence electrons. The largest absolute Gasteiger partial charge is 0.371 e. The van der Waals surface area contributed by atoms with Crippen LogP contribution >= 0.6 is 0 Å². The zero-order chi connectivity index (χ0) is 14.7. The zero-order valence-electron chi connectivity index (χ0n) is 12.9. The molecule has 0 amide bonds.